The fourth-order valence-corrected chi connectivity index (χ4v) is 2.31. The van der Waals surface area contributed by atoms with Gasteiger partial charge in [0, 0.05) is 11.3 Å². The zero-order valence-corrected chi connectivity index (χ0v) is 15.1. The van der Waals surface area contributed by atoms with Gasteiger partial charge in [0.15, 0.2) is 6.61 Å². The Labute approximate surface area is 149 Å². The normalized spacial score (nSPS) is 11.2. The topological polar surface area (TPSA) is 75.2 Å². The Balaban J connectivity index is 1.94. The average Bonchev–Trinajstić information content (AvgIpc) is 2.61. The van der Waals surface area contributed by atoms with Crippen molar-refractivity contribution in [3.63, 3.8) is 0 Å². The van der Waals surface area contributed by atoms with E-state index in [4.69, 9.17) is 4.74 Å². The van der Waals surface area contributed by atoms with Crippen LogP contribution < -0.4 is 15.4 Å². The van der Waals surface area contributed by atoms with E-state index in [1.54, 1.807) is 0 Å². The number of hydrogen-bond acceptors (Lipinski definition) is 3. The molecule has 4 N–H and O–H groups in total. The lowest BCUT2D eigenvalue weighted by molar-refractivity contribution is -0.736. The molecule has 0 heterocycles. The molecule has 5 heteroatoms. The molecule has 0 radical (unpaired) electrons. The Morgan fingerprint density at radius 2 is 1.84 bits per heavy atom. The molecule has 0 atom stereocenters. The van der Waals surface area contributed by atoms with Crippen molar-refractivity contribution in [3.8, 4) is 5.75 Å². The number of amides is 1. The van der Waals surface area contributed by atoms with Crippen LogP contribution in [0.2, 0.25) is 0 Å². The Morgan fingerprint density at radius 3 is 2.56 bits per heavy atom. The molecule has 1 amide bonds. The maximum absolute atomic E-state index is 12.1. The summed E-state index contributed by atoms with van der Waals surface area (Å²) in [5, 5.41) is 14.3. The van der Waals surface area contributed by atoms with E-state index in [0.717, 1.165) is 16.8 Å². The predicted molar refractivity (Wildman–Crippen MR) is 98.5 cm³/mol. The Hall–Kier alpha value is -2.37. The molecule has 0 fully saturated rings. The van der Waals surface area contributed by atoms with Crippen molar-refractivity contribution >= 4 is 11.6 Å². The number of benzene rings is 2. The van der Waals surface area contributed by atoms with E-state index >= 15 is 0 Å². The zero-order valence-electron chi connectivity index (χ0n) is 15.1. The summed E-state index contributed by atoms with van der Waals surface area (Å²) in [4.78, 5) is 12.1. The van der Waals surface area contributed by atoms with Crippen LogP contribution in [-0.4, -0.2) is 29.8 Å². The highest BCUT2D eigenvalue weighted by Crippen LogP contribution is 2.18. The number of anilines is 1. The largest absolute Gasteiger partial charge is 0.483 e. The second kappa shape index (κ2) is 8.65. The third-order valence-corrected chi connectivity index (χ3v) is 4.03. The molecular formula is C20H27N2O3+. The van der Waals surface area contributed by atoms with Crippen LogP contribution in [0.1, 0.15) is 25.0 Å². The molecule has 0 aromatic heterocycles. The van der Waals surface area contributed by atoms with Gasteiger partial charge in [0.1, 0.15) is 17.8 Å². The number of carbonyl (C=O) groups excluding carboxylic acids is 1. The summed E-state index contributed by atoms with van der Waals surface area (Å²) >= 11 is 0. The van der Waals surface area contributed by atoms with Crippen LogP contribution in [0.3, 0.4) is 0 Å². The third-order valence-electron chi connectivity index (χ3n) is 4.03. The molecule has 2 aromatic carbocycles. The van der Waals surface area contributed by atoms with Crippen molar-refractivity contribution in [2.75, 3.05) is 18.5 Å². The molecule has 0 bridgehead atoms. The number of rotatable bonds is 8. The van der Waals surface area contributed by atoms with Crippen LogP contribution in [0.4, 0.5) is 5.69 Å². The highest BCUT2D eigenvalue weighted by atomic mass is 16.5. The van der Waals surface area contributed by atoms with Gasteiger partial charge in [0.25, 0.3) is 5.91 Å². The summed E-state index contributed by atoms with van der Waals surface area (Å²) in [5.74, 6) is 0.496. The first kappa shape index (κ1) is 19.0. The standard InChI is InChI=1S/C20H26N2O3/c1-15-8-4-6-10-17(15)22-19(24)13-25-18-11-7-5-9-16(18)12-21-20(2,3)14-23/h4-11,21,23H,12-14H2,1-3H3,(H,22,24)/p+1. The number of aliphatic hydroxyl groups is 1. The summed E-state index contributed by atoms with van der Waals surface area (Å²) in [6.45, 7) is 6.62. The van der Waals surface area contributed by atoms with E-state index in [9.17, 15) is 9.90 Å². The number of ether oxygens (including phenoxy) is 1. The smallest absolute Gasteiger partial charge is 0.262 e. The lowest BCUT2D eigenvalue weighted by atomic mass is 10.1. The van der Waals surface area contributed by atoms with Crippen LogP contribution in [0.25, 0.3) is 0 Å². The van der Waals surface area contributed by atoms with Crippen molar-refractivity contribution in [1.82, 2.24) is 0 Å². The first-order chi connectivity index (χ1) is 11.9. The van der Waals surface area contributed by atoms with Crippen LogP contribution in [-0.2, 0) is 11.3 Å². The van der Waals surface area contributed by atoms with Gasteiger partial charge in [-0.3, -0.25) is 4.79 Å². The van der Waals surface area contributed by atoms with Gasteiger partial charge < -0.3 is 20.5 Å². The van der Waals surface area contributed by atoms with Crippen molar-refractivity contribution in [2.24, 2.45) is 0 Å². The van der Waals surface area contributed by atoms with Gasteiger partial charge in [-0.05, 0) is 44.5 Å². The summed E-state index contributed by atoms with van der Waals surface area (Å²) in [6, 6.07) is 15.3. The van der Waals surface area contributed by atoms with E-state index < -0.39 is 0 Å². The van der Waals surface area contributed by atoms with Gasteiger partial charge in [0.05, 0.1) is 6.61 Å². The Morgan fingerprint density at radius 1 is 1.16 bits per heavy atom. The summed E-state index contributed by atoms with van der Waals surface area (Å²) in [5.41, 5.74) is 2.54. The molecule has 2 aromatic rings. The second-order valence-corrected chi connectivity index (χ2v) is 6.81. The molecule has 0 aliphatic heterocycles. The SMILES string of the molecule is Cc1ccccc1NC(=O)COc1ccccc1C[NH2+]C(C)(C)CO. The molecule has 0 spiro atoms. The molecule has 0 saturated heterocycles. The lowest BCUT2D eigenvalue weighted by Gasteiger charge is -2.20. The van der Waals surface area contributed by atoms with Gasteiger partial charge in [-0.25, -0.2) is 0 Å². The minimum Gasteiger partial charge on any atom is -0.483 e. The van der Waals surface area contributed by atoms with Gasteiger partial charge in [0.2, 0.25) is 0 Å². The van der Waals surface area contributed by atoms with Crippen molar-refractivity contribution in [1.29, 1.82) is 0 Å². The predicted octanol–water partition coefficient (Wildman–Crippen LogP) is 1.85. The van der Waals surface area contributed by atoms with Crippen LogP contribution in [0, 0.1) is 6.92 Å². The number of aliphatic hydroxyl groups excluding tert-OH is 1. The first-order valence-corrected chi connectivity index (χ1v) is 8.43. The number of aryl methyl sites for hydroxylation is 1. The molecule has 0 saturated carbocycles. The Kier molecular flexibility index (Phi) is 6.56. The van der Waals surface area contributed by atoms with Crippen molar-refractivity contribution in [2.45, 2.75) is 32.9 Å². The molecule has 0 aliphatic rings. The minimum absolute atomic E-state index is 0.0469. The third kappa shape index (κ3) is 5.89. The molecule has 25 heavy (non-hydrogen) atoms. The molecule has 134 valence electrons. The summed E-state index contributed by atoms with van der Waals surface area (Å²) in [6.07, 6.45) is 0. The monoisotopic (exact) mass is 343 g/mol. The number of quaternary nitrogens is 1. The summed E-state index contributed by atoms with van der Waals surface area (Å²) < 4.78 is 5.72. The molecule has 2 rings (SSSR count). The van der Waals surface area contributed by atoms with Crippen LogP contribution in [0.5, 0.6) is 5.75 Å². The van der Waals surface area contributed by atoms with Crippen LogP contribution in [0.15, 0.2) is 48.5 Å². The molecular weight excluding hydrogens is 316 g/mol. The molecule has 5 nitrogen and oxygen atoms in total. The maximum atomic E-state index is 12.1. The number of para-hydroxylation sites is 2. The first-order valence-electron chi connectivity index (χ1n) is 8.43. The second-order valence-electron chi connectivity index (χ2n) is 6.81. The van der Waals surface area contributed by atoms with E-state index in [2.05, 4.69) is 10.6 Å². The van der Waals surface area contributed by atoms with Gasteiger partial charge in [-0.2, -0.15) is 0 Å². The van der Waals surface area contributed by atoms with E-state index in [1.165, 1.54) is 0 Å². The van der Waals surface area contributed by atoms with Gasteiger partial charge in [-0.1, -0.05) is 30.3 Å². The van der Waals surface area contributed by atoms with Crippen molar-refractivity contribution in [3.05, 3.63) is 59.7 Å². The number of carbonyl (C=O) groups is 1. The fourth-order valence-electron chi connectivity index (χ4n) is 2.31. The van der Waals surface area contributed by atoms with Gasteiger partial charge in [-0.15, -0.1) is 0 Å². The quantitative estimate of drug-likeness (QED) is 0.685. The Bertz CT molecular complexity index is 714. The van der Waals surface area contributed by atoms with E-state index in [0.29, 0.717) is 12.3 Å². The minimum atomic E-state index is -0.255. The number of hydrogen-bond donors (Lipinski definition) is 3. The van der Waals surface area contributed by atoms with E-state index in [-0.39, 0.29) is 24.7 Å². The molecule has 0 unspecified atom stereocenters. The highest BCUT2D eigenvalue weighted by molar-refractivity contribution is 5.92. The highest BCUT2D eigenvalue weighted by Gasteiger charge is 2.20. The lowest BCUT2D eigenvalue weighted by Crippen LogP contribution is -2.95. The van der Waals surface area contributed by atoms with Crippen LogP contribution >= 0.6 is 0 Å². The maximum Gasteiger partial charge on any atom is 0.262 e. The zero-order chi connectivity index (χ0) is 18.3. The summed E-state index contributed by atoms with van der Waals surface area (Å²) in [7, 11) is 0. The molecule has 0 aliphatic carbocycles. The number of nitrogens with one attached hydrogen (secondary N) is 1. The van der Waals surface area contributed by atoms with Crippen molar-refractivity contribution < 1.29 is 20.0 Å². The van der Waals surface area contributed by atoms with E-state index in [1.807, 2.05) is 69.3 Å². The fraction of sp³-hybridized carbons (Fsp3) is 0.350. The average molecular weight is 343 g/mol. The van der Waals surface area contributed by atoms with Gasteiger partial charge >= 0.3 is 0 Å². The number of nitrogens with two attached hydrogens (primary N) is 1.